The standard InChI is InChI=1S/C29H37N3O7/c30-18-8-7-14-23(26(33)31-19-9-15-24(31)27(34)35)32(29(38)39-20-22-12-5-2-6-13-22)25(28(36)37)17-16-21-10-3-1-4-11-21/h1-6,10-13,23-25H,7-9,14-20,30H2,(H,34,35)(H,36,37)/t23-,24-,25-/m0/s1. The predicted octanol–water partition coefficient (Wildman–Crippen LogP) is 3.28. The van der Waals surface area contributed by atoms with Crippen molar-refractivity contribution in [2.45, 2.75) is 69.7 Å². The Bertz CT molecular complexity index is 1100. The van der Waals surface area contributed by atoms with Crippen molar-refractivity contribution in [2.24, 2.45) is 5.73 Å². The van der Waals surface area contributed by atoms with Gasteiger partial charge in [0.15, 0.2) is 0 Å². The van der Waals surface area contributed by atoms with Gasteiger partial charge < -0.3 is 25.6 Å². The Morgan fingerprint density at radius 3 is 2.15 bits per heavy atom. The topological polar surface area (TPSA) is 150 Å². The lowest BCUT2D eigenvalue weighted by Crippen LogP contribution is -2.58. The van der Waals surface area contributed by atoms with Crippen LogP contribution in [0.5, 0.6) is 0 Å². The molecule has 1 fully saturated rings. The van der Waals surface area contributed by atoms with E-state index in [9.17, 15) is 29.4 Å². The highest BCUT2D eigenvalue weighted by Crippen LogP contribution is 2.25. The minimum Gasteiger partial charge on any atom is -0.480 e. The molecule has 0 saturated carbocycles. The fourth-order valence-electron chi connectivity index (χ4n) is 4.94. The van der Waals surface area contributed by atoms with Crippen LogP contribution < -0.4 is 5.73 Å². The molecule has 0 aromatic heterocycles. The van der Waals surface area contributed by atoms with E-state index < -0.39 is 42.1 Å². The lowest BCUT2D eigenvalue weighted by molar-refractivity contribution is -0.153. The normalized spacial score (nSPS) is 16.3. The van der Waals surface area contributed by atoms with E-state index in [4.69, 9.17) is 10.5 Å². The van der Waals surface area contributed by atoms with Crippen LogP contribution in [-0.4, -0.2) is 75.2 Å². The molecule has 0 aliphatic carbocycles. The molecule has 10 heteroatoms. The number of hydrogen-bond acceptors (Lipinski definition) is 6. The fraction of sp³-hybridized carbons (Fsp3) is 0.448. The number of nitrogens with zero attached hydrogens (tertiary/aromatic N) is 2. The predicted molar refractivity (Wildman–Crippen MR) is 144 cm³/mol. The third-order valence-electron chi connectivity index (χ3n) is 6.96. The molecule has 0 radical (unpaired) electrons. The van der Waals surface area contributed by atoms with Crippen LogP contribution in [0.3, 0.4) is 0 Å². The number of carbonyl (C=O) groups excluding carboxylic acids is 2. The summed E-state index contributed by atoms with van der Waals surface area (Å²) in [5.41, 5.74) is 7.26. The monoisotopic (exact) mass is 539 g/mol. The summed E-state index contributed by atoms with van der Waals surface area (Å²) < 4.78 is 5.56. The number of carboxylic acids is 2. The van der Waals surface area contributed by atoms with Gasteiger partial charge >= 0.3 is 18.0 Å². The summed E-state index contributed by atoms with van der Waals surface area (Å²) in [7, 11) is 0. The third-order valence-corrected chi connectivity index (χ3v) is 6.96. The zero-order valence-corrected chi connectivity index (χ0v) is 22.0. The number of nitrogens with two attached hydrogens (primary N) is 1. The number of amides is 2. The molecule has 2 aromatic carbocycles. The Hall–Kier alpha value is -3.92. The lowest BCUT2D eigenvalue weighted by atomic mass is 9.99. The average Bonchev–Trinajstić information content (AvgIpc) is 3.44. The van der Waals surface area contributed by atoms with Crippen LogP contribution in [0.1, 0.15) is 49.7 Å². The van der Waals surface area contributed by atoms with Gasteiger partial charge in [0.05, 0.1) is 0 Å². The van der Waals surface area contributed by atoms with Gasteiger partial charge in [0.1, 0.15) is 24.7 Å². The molecule has 0 bridgehead atoms. The van der Waals surface area contributed by atoms with Crippen LogP contribution in [0.15, 0.2) is 60.7 Å². The van der Waals surface area contributed by atoms with Crippen LogP contribution in [0.4, 0.5) is 4.79 Å². The molecule has 1 saturated heterocycles. The third kappa shape index (κ3) is 8.28. The summed E-state index contributed by atoms with van der Waals surface area (Å²) in [6, 6.07) is 14.6. The Morgan fingerprint density at radius 1 is 0.923 bits per heavy atom. The molecule has 1 heterocycles. The van der Waals surface area contributed by atoms with E-state index >= 15 is 0 Å². The average molecular weight is 540 g/mol. The van der Waals surface area contributed by atoms with E-state index in [2.05, 4.69) is 0 Å². The number of benzene rings is 2. The van der Waals surface area contributed by atoms with Crippen molar-refractivity contribution in [3.63, 3.8) is 0 Å². The van der Waals surface area contributed by atoms with Crippen molar-refractivity contribution in [3.8, 4) is 0 Å². The molecular formula is C29H37N3O7. The first-order chi connectivity index (χ1) is 18.8. The Kier molecular flexibility index (Phi) is 11.3. The van der Waals surface area contributed by atoms with Crippen LogP contribution >= 0.6 is 0 Å². The van der Waals surface area contributed by atoms with Crippen molar-refractivity contribution in [1.82, 2.24) is 9.80 Å². The molecule has 4 N–H and O–H groups in total. The number of carbonyl (C=O) groups is 4. The first kappa shape index (κ1) is 29.6. The molecular weight excluding hydrogens is 502 g/mol. The number of ether oxygens (including phenoxy) is 1. The SMILES string of the molecule is NCCCC[C@@H](C(=O)N1CCC[C@H]1C(=O)O)N(C(=O)OCc1ccccc1)[C@@H](CCc1ccccc1)C(=O)O. The molecule has 0 spiro atoms. The number of carboxylic acid groups (broad SMARTS) is 2. The number of unbranched alkanes of at least 4 members (excludes halogenated alkanes) is 1. The maximum Gasteiger partial charge on any atom is 0.411 e. The van der Waals surface area contributed by atoms with E-state index in [1.807, 2.05) is 36.4 Å². The summed E-state index contributed by atoms with van der Waals surface area (Å²) in [5, 5.41) is 20.0. The van der Waals surface area contributed by atoms with Gasteiger partial charge in [0, 0.05) is 6.54 Å². The van der Waals surface area contributed by atoms with Crippen molar-refractivity contribution < 1.29 is 34.1 Å². The number of hydrogen-bond donors (Lipinski definition) is 3. The molecule has 1 aliphatic rings. The van der Waals surface area contributed by atoms with Crippen molar-refractivity contribution in [1.29, 1.82) is 0 Å². The first-order valence-corrected chi connectivity index (χ1v) is 13.3. The molecule has 2 aromatic rings. The number of likely N-dealkylation sites (tertiary alicyclic amines) is 1. The van der Waals surface area contributed by atoms with Gasteiger partial charge in [-0.3, -0.25) is 9.69 Å². The smallest absolute Gasteiger partial charge is 0.411 e. The van der Waals surface area contributed by atoms with Gasteiger partial charge in [-0.2, -0.15) is 0 Å². The van der Waals surface area contributed by atoms with Gasteiger partial charge in [0.25, 0.3) is 0 Å². The largest absolute Gasteiger partial charge is 0.480 e. The summed E-state index contributed by atoms with van der Waals surface area (Å²) in [6.45, 7) is 0.474. The maximum atomic E-state index is 13.9. The van der Waals surface area contributed by atoms with Crippen LogP contribution in [0.25, 0.3) is 0 Å². The van der Waals surface area contributed by atoms with Crippen molar-refractivity contribution >= 4 is 23.9 Å². The molecule has 2 amide bonds. The van der Waals surface area contributed by atoms with Gasteiger partial charge in [-0.1, -0.05) is 60.7 Å². The quantitative estimate of drug-likeness (QED) is 0.310. The number of rotatable bonds is 14. The lowest BCUT2D eigenvalue weighted by Gasteiger charge is -2.37. The Labute approximate surface area is 228 Å². The van der Waals surface area contributed by atoms with E-state index in [1.165, 1.54) is 4.90 Å². The number of aryl methyl sites for hydroxylation is 1. The highest BCUT2D eigenvalue weighted by molar-refractivity contribution is 5.91. The summed E-state index contributed by atoms with van der Waals surface area (Å²) >= 11 is 0. The highest BCUT2D eigenvalue weighted by atomic mass is 16.6. The van der Waals surface area contributed by atoms with E-state index in [-0.39, 0.29) is 26.0 Å². The minimum atomic E-state index is -1.37. The fourth-order valence-corrected chi connectivity index (χ4v) is 4.94. The van der Waals surface area contributed by atoms with Crippen molar-refractivity contribution in [3.05, 3.63) is 71.8 Å². The second-order valence-corrected chi connectivity index (χ2v) is 9.65. The zero-order chi connectivity index (χ0) is 28.2. The molecule has 210 valence electrons. The zero-order valence-electron chi connectivity index (χ0n) is 22.0. The van der Waals surface area contributed by atoms with Crippen LogP contribution in [0.2, 0.25) is 0 Å². The van der Waals surface area contributed by atoms with E-state index in [0.717, 1.165) is 10.5 Å². The maximum absolute atomic E-state index is 13.9. The van der Waals surface area contributed by atoms with E-state index in [0.29, 0.717) is 44.2 Å². The molecule has 3 rings (SSSR count). The van der Waals surface area contributed by atoms with Crippen LogP contribution in [-0.2, 0) is 32.1 Å². The first-order valence-electron chi connectivity index (χ1n) is 13.3. The van der Waals surface area contributed by atoms with E-state index in [1.54, 1.807) is 24.3 Å². The van der Waals surface area contributed by atoms with Gasteiger partial charge in [0.2, 0.25) is 5.91 Å². The second kappa shape index (κ2) is 14.9. The molecule has 10 nitrogen and oxygen atoms in total. The van der Waals surface area contributed by atoms with Gasteiger partial charge in [-0.15, -0.1) is 0 Å². The Morgan fingerprint density at radius 2 is 1.56 bits per heavy atom. The Balaban J connectivity index is 1.95. The molecule has 3 atom stereocenters. The second-order valence-electron chi connectivity index (χ2n) is 9.65. The van der Waals surface area contributed by atoms with Gasteiger partial charge in [-0.25, -0.2) is 14.4 Å². The summed E-state index contributed by atoms with van der Waals surface area (Å²) in [4.78, 5) is 54.2. The molecule has 39 heavy (non-hydrogen) atoms. The van der Waals surface area contributed by atoms with Crippen LogP contribution in [0, 0.1) is 0 Å². The molecule has 1 aliphatic heterocycles. The number of aliphatic carboxylic acids is 2. The minimum absolute atomic E-state index is 0.0445. The van der Waals surface area contributed by atoms with Crippen molar-refractivity contribution in [2.75, 3.05) is 13.1 Å². The summed E-state index contributed by atoms with van der Waals surface area (Å²) in [5.74, 6) is -2.98. The van der Waals surface area contributed by atoms with Gasteiger partial charge in [-0.05, 0) is 62.6 Å². The highest BCUT2D eigenvalue weighted by Gasteiger charge is 2.44. The molecule has 0 unspecified atom stereocenters. The summed E-state index contributed by atoms with van der Waals surface area (Å²) in [6.07, 6.45) is 1.41.